The molecule has 2 heterocycles. The van der Waals surface area contributed by atoms with E-state index in [9.17, 15) is 0 Å². The quantitative estimate of drug-likeness (QED) is 0.141. The Kier molecular flexibility index (Phi) is 9.69. The van der Waals surface area contributed by atoms with E-state index in [0.717, 1.165) is 0 Å². The molecule has 11 aromatic carbocycles. The molecule has 2 aliphatic rings. The predicted octanol–water partition coefficient (Wildman–Crippen LogP) is 19.7. The summed E-state index contributed by atoms with van der Waals surface area (Å²) in [7, 11) is 0. The summed E-state index contributed by atoms with van der Waals surface area (Å²) in [5.74, 6) is 0. The van der Waals surface area contributed by atoms with E-state index in [1.54, 1.807) is 0 Å². The van der Waals surface area contributed by atoms with Crippen molar-refractivity contribution >= 4 is 78.7 Å². The van der Waals surface area contributed by atoms with Gasteiger partial charge in [0.2, 0.25) is 0 Å². The topological polar surface area (TPSA) is 9.86 Å². The number of hydrogen-bond donors (Lipinski definition) is 0. The predicted molar refractivity (Wildman–Crippen MR) is 324 cm³/mol. The lowest BCUT2D eigenvalue weighted by Gasteiger charge is -2.23. The van der Waals surface area contributed by atoms with Crippen LogP contribution in [0.15, 0.2) is 231 Å². The smallest absolute Gasteiger partial charge is 0.0541 e. The molecule has 0 radical (unpaired) electrons. The van der Waals surface area contributed by atoms with Gasteiger partial charge in [-0.25, -0.2) is 0 Å². The van der Waals surface area contributed by atoms with Crippen molar-refractivity contribution in [1.29, 1.82) is 0 Å². The fourth-order valence-electron chi connectivity index (χ4n) is 13.2. The fraction of sp³-hybridized carbons (Fsp3) is 0.0811. The van der Waals surface area contributed by atoms with Crippen molar-refractivity contribution in [3.63, 3.8) is 0 Å². The van der Waals surface area contributed by atoms with E-state index in [-0.39, 0.29) is 10.8 Å². The molecule has 0 fully saturated rings. The standard InChI is InChI=1S/C74H54N2/c1-73(2)64-43-49(27-25-47-31-39-71-62(41-47)60-20-10-12-22-69(60)75(71)54-17-6-5-7-18-54)29-35-56(64)58-37-33-52(45-66(58)73)53-34-38-59-57-36-30-50(44-65(57)74(3,4)67(59)46-53)28-26-48-32-40-72-63(42-48)61-21-11-13-23-70(61)76(72)68-24-14-16-51-15-8-9-19-55(51)68/h5-46H,1-4H3/b27-25+,28-26+. The number of nitrogens with zero attached hydrogens (tertiary/aromatic N) is 2. The lowest BCUT2D eigenvalue weighted by Crippen LogP contribution is -2.15. The van der Waals surface area contributed by atoms with Crippen molar-refractivity contribution in [3.8, 4) is 44.8 Å². The molecule has 0 unspecified atom stereocenters. The first kappa shape index (κ1) is 44.3. The van der Waals surface area contributed by atoms with Crippen LogP contribution in [0.5, 0.6) is 0 Å². The van der Waals surface area contributed by atoms with Gasteiger partial charge in [-0.3, -0.25) is 0 Å². The SMILES string of the molecule is CC1(C)c2cc(/C=C/c3ccc4c(c3)c3ccccc3n4-c3ccccc3)ccc2-c2ccc(-c3ccc4c(c3)C(C)(C)c3cc(/C=C/c5ccc6c(c5)c5ccccc5n6-c5cccc6ccccc56)ccc3-4)cc21. The Morgan fingerprint density at radius 2 is 0.684 bits per heavy atom. The third kappa shape index (κ3) is 6.73. The third-order valence-electron chi connectivity index (χ3n) is 17.1. The summed E-state index contributed by atoms with van der Waals surface area (Å²) in [4.78, 5) is 0. The van der Waals surface area contributed by atoms with Gasteiger partial charge < -0.3 is 9.13 Å². The van der Waals surface area contributed by atoms with Crippen molar-refractivity contribution in [3.05, 3.63) is 275 Å². The molecular formula is C74H54N2. The first-order valence-electron chi connectivity index (χ1n) is 26.7. The monoisotopic (exact) mass is 970 g/mol. The van der Waals surface area contributed by atoms with Gasteiger partial charge >= 0.3 is 0 Å². The molecule has 2 nitrogen and oxygen atoms in total. The number of aromatic nitrogens is 2. The summed E-state index contributed by atoms with van der Waals surface area (Å²) in [5, 5.41) is 7.55. The molecule has 15 rings (SSSR count). The van der Waals surface area contributed by atoms with Gasteiger partial charge in [-0.05, 0) is 150 Å². The zero-order valence-electron chi connectivity index (χ0n) is 43.1. The first-order chi connectivity index (χ1) is 37.2. The minimum absolute atomic E-state index is 0.152. The number of benzene rings is 11. The molecule has 0 saturated heterocycles. The van der Waals surface area contributed by atoms with E-state index in [1.807, 2.05) is 0 Å². The molecule has 0 amide bonds. The van der Waals surface area contributed by atoms with Gasteiger partial charge in [0, 0.05) is 43.4 Å². The van der Waals surface area contributed by atoms with Crippen LogP contribution < -0.4 is 0 Å². The van der Waals surface area contributed by atoms with Gasteiger partial charge in [0.15, 0.2) is 0 Å². The van der Waals surface area contributed by atoms with Crippen molar-refractivity contribution in [2.45, 2.75) is 38.5 Å². The Hall–Kier alpha value is -9.24. The molecule has 0 bridgehead atoms. The molecule has 2 aliphatic carbocycles. The minimum atomic E-state index is -0.157. The Balaban J connectivity index is 0.695. The van der Waals surface area contributed by atoms with Gasteiger partial charge in [-0.2, -0.15) is 0 Å². The molecule has 360 valence electrons. The third-order valence-corrected chi connectivity index (χ3v) is 17.1. The molecule has 0 N–H and O–H groups in total. The molecule has 0 saturated carbocycles. The molecule has 0 atom stereocenters. The van der Waals surface area contributed by atoms with Gasteiger partial charge in [0.1, 0.15) is 0 Å². The second-order valence-electron chi connectivity index (χ2n) is 22.1. The van der Waals surface area contributed by atoms with Crippen molar-refractivity contribution in [2.24, 2.45) is 0 Å². The highest BCUT2D eigenvalue weighted by atomic mass is 15.0. The molecule has 2 aromatic heterocycles. The Morgan fingerprint density at radius 1 is 0.289 bits per heavy atom. The molecular weight excluding hydrogens is 917 g/mol. The highest BCUT2D eigenvalue weighted by Gasteiger charge is 2.38. The first-order valence-corrected chi connectivity index (χ1v) is 26.7. The second-order valence-corrected chi connectivity index (χ2v) is 22.1. The van der Waals surface area contributed by atoms with Crippen LogP contribution in [-0.2, 0) is 10.8 Å². The number of rotatable bonds is 7. The Bertz CT molecular complexity index is 4620. The maximum atomic E-state index is 2.46. The van der Waals surface area contributed by atoms with Crippen LogP contribution in [0.25, 0.3) is 123 Å². The zero-order chi connectivity index (χ0) is 50.9. The van der Waals surface area contributed by atoms with Crippen LogP contribution in [0.3, 0.4) is 0 Å². The molecule has 76 heavy (non-hydrogen) atoms. The van der Waals surface area contributed by atoms with Crippen molar-refractivity contribution in [2.75, 3.05) is 0 Å². The molecule has 0 aliphatic heterocycles. The fourth-order valence-corrected chi connectivity index (χ4v) is 13.2. The van der Waals surface area contributed by atoms with E-state index in [2.05, 4.69) is 292 Å². The molecule has 2 heteroatoms. The molecule has 0 spiro atoms. The summed E-state index contributed by atoms with van der Waals surface area (Å²) in [5.41, 5.74) is 25.1. The lowest BCUT2D eigenvalue weighted by molar-refractivity contribution is 0.659. The van der Waals surface area contributed by atoms with E-state index in [1.165, 1.54) is 144 Å². The summed E-state index contributed by atoms with van der Waals surface area (Å²) in [6.07, 6.45) is 9.10. The van der Waals surface area contributed by atoms with Gasteiger partial charge in [0.25, 0.3) is 0 Å². The van der Waals surface area contributed by atoms with E-state index < -0.39 is 0 Å². The summed E-state index contributed by atoms with van der Waals surface area (Å²) in [6.45, 7) is 9.58. The summed E-state index contributed by atoms with van der Waals surface area (Å²) >= 11 is 0. The number of para-hydroxylation sites is 3. The van der Waals surface area contributed by atoms with Gasteiger partial charge in [-0.15, -0.1) is 0 Å². The van der Waals surface area contributed by atoms with Crippen LogP contribution in [0.2, 0.25) is 0 Å². The summed E-state index contributed by atoms with van der Waals surface area (Å²) in [6, 6.07) is 85.7. The molecule has 13 aromatic rings. The number of hydrogen-bond acceptors (Lipinski definition) is 0. The van der Waals surface area contributed by atoms with Crippen molar-refractivity contribution in [1.82, 2.24) is 9.13 Å². The maximum absolute atomic E-state index is 2.46. The normalized spacial score (nSPS) is 14.2. The lowest BCUT2D eigenvalue weighted by atomic mass is 9.80. The van der Waals surface area contributed by atoms with E-state index in [4.69, 9.17) is 0 Å². The Morgan fingerprint density at radius 3 is 1.24 bits per heavy atom. The van der Waals surface area contributed by atoms with Crippen LogP contribution in [-0.4, -0.2) is 9.13 Å². The van der Waals surface area contributed by atoms with Gasteiger partial charge in [-0.1, -0.05) is 216 Å². The highest BCUT2D eigenvalue weighted by molar-refractivity contribution is 6.12. The average Bonchev–Trinajstić information content (AvgIpc) is 4.13. The summed E-state index contributed by atoms with van der Waals surface area (Å²) < 4.78 is 4.80. The van der Waals surface area contributed by atoms with Crippen LogP contribution in [0.4, 0.5) is 0 Å². The van der Waals surface area contributed by atoms with E-state index in [0.29, 0.717) is 0 Å². The number of fused-ring (bicyclic) bond motifs is 13. The van der Waals surface area contributed by atoms with Gasteiger partial charge in [0.05, 0.1) is 27.8 Å². The zero-order valence-corrected chi connectivity index (χ0v) is 43.1. The van der Waals surface area contributed by atoms with Crippen molar-refractivity contribution < 1.29 is 0 Å². The average molecular weight is 971 g/mol. The van der Waals surface area contributed by atoms with E-state index >= 15 is 0 Å². The second kappa shape index (κ2) is 16.6. The van der Waals surface area contributed by atoms with Crippen LogP contribution in [0, 0.1) is 0 Å². The largest absolute Gasteiger partial charge is 0.309 e. The highest BCUT2D eigenvalue weighted by Crippen LogP contribution is 2.53. The Labute approximate surface area is 443 Å². The maximum Gasteiger partial charge on any atom is 0.0541 e. The van der Waals surface area contributed by atoms with Crippen LogP contribution >= 0.6 is 0 Å². The van der Waals surface area contributed by atoms with Crippen LogP contribution in [0.1, 0.15) is 72.2 Å². The minimum Gasteiger partial charge on any atom is -0.309 e.